The summed E-state index contributed by atoms with van der Waals surface area (Å²) in [5.41, 5.74) is 1.38. The summed E-state index contributed by atoms with van der Waals surface area (Å²) in [6, 6.07) is 0. The van der Waals surface area contributed by atoms with Gasteiger partial charge in [0.15, 0.2) is 0 Å². The lowest BCUT2D eigenvalue weighted by Crippen LogP contribution is -2.17. The Morgan fingerprint density at radius 1 is 1.21 bits per heavy atom. The van der Waals surface area contributed by atoms with Crippen molar-refractivity contribution in [2.75, 3.05) is 0 Å². The smallest absolute Gasteiger partial charge is 0.140 e. The number of hydrogen-bond acceptors (Lipinski definition) is 2. The summed E-state index contributed by atoms with van der Waals surface area (Å²) in [6.45, 7) is 7.61. The Hall–Kier alpha value is -1.31. The van der Waals surface area contributed by atoms with Crippen molar-refractivity contribution in [3.63, 3.8) is 0 Å². The lowest BCUT2D eigenvalue weighted by atomic mass is 9.87. The van der Waals surface area contributed by atoms with Gasteiger partial charge in [0.1, 0.15) is 5.78 Å². The molecule has 136 valence electrons. The van der Waals surface area contributed by atoms with Crippen molar-refractivity contribution < 1.29 is 9.90 Å². The fraction of sp³-hybridized carbons (Fsp3) is 0.682. The minimum absolute atomic E-state index is 0.0193. The summed E-state index contributed by atoms with van der Waals surface area (Å²) < 4.78 is 0. The van der Waals surface area contributed by atoms with Gasteiger partial charge in [-0.2, -0.15) is 0 Å². The standard InChI is InChI=1S/C22H36O2/c1-4-5-6-7-8-9-10-11-12-20-13-15-21(16-14-20)22(24)17-18(2)19(3)23/h13-15,18,21,23H,3-12,16-17H2,1-2H3. The van der Waals surface area contributed by atoms with Crippen molar-refractivity contribution >= 4 is 5.78 Å². The fourth-order valence-corrected chi connectivity index (χ4v) is 3.12. The number of carbonyl (C=O) groups excluding carboxylic acids is 1. The molecule has 0 spiro atoms. The van der Waals surface area contributed by atoms with Crippen molar-refractivity contribution in [3.8, 4) is 0 Å². The van der Waals surface area contributed by atoms with Crippen molar-refractivity contribution in [3.05, 3.63) is 36.1 Å². The number of hydrogen-bond donors (Lipinski definition) is 1. The second-order valence-corrected chi connectivity index (χ2v) is 7.27. The number of carbonyl (C=O) groups is 1. The summed E-state index contributed by atoms with van der Waals surface area (Å²) >= 11 is 0. The van der Waals surface area contributed by atoms with E-state index in [-0.39, 0.29) is 23.4 Å². The third-order valence-electron chi connectivity index (χ3n) is 4.99. The third kappa shape index (κ3) is 8.52. The quantitative estimate of drug-likeness (QED) is 0.301. The number of Topliss-reactive ketones (excluding diaryl/α,β-unsaturated/α-hetero) is 1. The molecule has 0 aliphatic heterocycles. The van der Waals surface area contributed by atoms with Crippen LogP contribution in [0.15, 0.2) is 36.1 Å². The average Bonchev–Trinajstić information content (AvgIpc) is 2.57. The Morgan fingerprint density at radius 3 is 2.38 bits per heavy atom. The van der Waals surface area contributed by atoms with Gasteiger partial charge >= 0.3 is 0 Å². The number of aliphatic hydroxyl groups is 1. The molecule has 0 aromatic heterocycles. The van der Waals surface area contributed by atoms with Crippen LogP contribution in [0, 0.1) is 11.8 Å². The molecular formula is C22H36O2. The zero-order valence-electron chi connectivity index (χ0n) is 15.7. The van der Waals surface area contributed by atoms with E-state index in [1.54, 1.807) is 0 Å². The second-order valence-electron chi connectivity index (χ2n) is 7.27. The molecule has 0 saturated heterocycles. The Morgan fingerprint density at radius 2 is 1.83 bits per heavy atom. The first-order valence-electron chi connectivity index (χ1n) is 9.82. The maximum absolute atomic E-state index is 12.2. The van der Waals surface area contributed by atoms with Crippen molar-refractivity contribution in [1.29, 1.82) is 0 Å². The Labute approximate surface area is 148 Å². The Kier molecular flexibility index (Phi) is 10.5. The summed E-state index contributed by atoms with van der Waals surface area (Å²) in [7, 11) is 0. The van der Waals surface area contributed by atoms with Crippen LogP contribution < -0.4 is 0 Å². The van der Waals surface area contributed by atoms with E-state index < -0.39 is 0 Å². The molecule has 0 heterocycles. The monoisotopic (exact) mass is 332 g/mol. The van der Waals surface area contributed by atoms with Gasteiger partial charge in [-0.1, -0.05) is 89.2 Å². The number of aliphatic hydroxyl groups excluding tert-OH is 1. The van der Waals surface area contributed by atoms with Crippen LogP contribution in [0.2, 0.25) is 0 Å². The summed E-state index contributed by atoms with van der Waals surface area (Å²) in [5, 5.41) is 9.33. The van der Waals surface area contributed by atoms with Gasteiger partial charge in [0.2, 0.25) is 0 Å². The SMILES string of the molecule is C=C(O)C(C)CC(=O)C1C=CC(CCCCCCCCCC)=CC1. The minimum Gasteiger partial charge on any atom is -0.513 e. The third-order valence-corrected chi connectivity index (χ3v) is 4.99. The number of ketones is 1. The maximum Gasteiger partial charge on any atom is 0.140 e. The lowest BCUT2D eigenvalue weighted by Gasteiger charge is -2.17. The highest BCUT2D eigenvalue weighted by molar-refractivity contribution is 5.83. The highest BCUT2D eigenvalue weighted by Crippen LogP contribution is 2.24. The van der Waals surface area contributed by atoms with E-state index in [2.05, 4.69) is 31.7 Å². The second kappa shape index (κ2) is 12.1. The van der Waals surface area contributed by atoms with E-state index in [1.807, 2.05) is 6.92 Å². The molecule has 0 aromatic carbocycles. The molecule has 24 heavy (non-hydrogen) atoms. The van der Waals surface area contributed by atoms with Crippen LogP contribution in [-0.4, -0.2) is 10.9 Å². The molecular weight excluding hydrogens is 296 g/mol. The molecule has 1 aliphatic rings. The number of rotatable bonds is 13. The van der Waals surface area contributed by atoms with Crippen molar-refractivity contribution in [2.24, 2.45) is 11.8 Å². The van der Waals surface area contributed by atoms with Gasteiger partial charge in [-0.15, -0.1) is 0 Å². The molecule has 0 fully saturated rings. The molecule has 2 unspecified atom stereocenters. The number of allylic oxidation sites excluding steroid dienone is 5. The van der Waals surface area contributed by atoms with E-state index in [0.717, 1.165) is 12.8 Å². The molecule has 1 N–H and O–H groups in total. The fourth-order valence-electron chi connectivity index (χ4n) is 3.12. The number of unbranched alkanes of at least 4 members (excludes halogenated alkanes) is 7. The van der Waals surface area contributed by atoms with Crippen LogP contribution in [0.1, 0.15) is 84.5 Å². The van der Waals surface area contributed by atoms with E-state index in [1.165, 1.54) is 56.9 Å². The van der Waals surface area contributed by atoms with E-state index in [9.17, 15) is 9.90 Å². The molecule has 1 aliphatic carbocycles. The molecule has 0 aromatic rings. The zero-order chi connectivity index (χ0) is 17.8. The predicted molar refractivity (Wildman–Crippen MR) is 103 cm³/mol. The first kappa shape index (κ1) is 20.7. The largest absolute Gasteiger partial charge is 0.513 e. The maximum atomic E-state index is 12.2. The van der Waals surface area contributed by atoms with Gasteiger partial charge in [0.05, 0.1) is 5.76 Å². The topological polar surface area (TPSA) is 37.3 Å². The normalized spacial score (nSPS) is 18.2. The molecule has 0 radical (unpaired) electrons. The molecule has 2 atom stereocenters. The van der Waals surface area contributed by atoms with Gasteiger partial charge in [-0.05, 0) is 19.3 Å². The highest BCUT2D eigenvalue weighted by atomic mass is 16.3. The van der Waals surface area contributed by atoms with Gasteiger partial charge in [0, 0.05) is 18.3 Å². The van der Waals surface area contributed by atoms with E-state index in [4.69, 9.17) is 0 Å². The summed E-state index contributed by atoms with van der Waals surface area (Å²) in [6.07, 6.45) is 19.5. The van der Waals surface area contributed by atoms with Crippen molar-refractivity contribution in [1.82, 2.24) is 0 Å². The molecule has 2 heteroatoms. The lowest BCUT2D eigenvalue weighted by molar-refractivity contribution is -0.122. The Balaban J connectivity index is 2.14. The minimum atomic E-state index is -0.145. The van der Waals surface area contributed by atoms with Crippen LogP contribution in [0.25, 0.3) is 0 Å². The van der Waals surface area contributed by atoms with Crippen LogP contribution in [0.3, 0.4) is 0 Å². The first-order valence-corrected chi connectivity index (χ1v) is 9.82. The van der Waals surface area contributed by atoms with Gasteiger partial charge in [0.25, 0.3) is 0 Å². The molecule has 1 rings (SSSR count). The summed E-state index contributed by atoms with van der Waals surface area (Å²) in [4.78, 5) is 12.2. The van der Waals surface area contributed by atoms with Gasteiger partial charge in [-0.25, -0.2) is 0 Å². The average molecular weight is 333 g/mol. The van der Waals surface area contributed by atoms with Crippen LogP contribution in [0.5, 0.6) is 0 Å². The van der Waals surface area contributed by atoms with Crippen LogP contribution >= 0.6 is 0 Å². The van der Waals surface area contributed by atoms with Crippen molar-refractivity contribution in [2.45, 2.75) is 84.5 Å². The zero-order valence-corrected chi connectivity index (χ0v) is 15.7. The predicted octanol–water partition coefficient (Wildman–Crippen LogP) is 6.69. The first-order chi connectivity index (χ1) is 11.5. The summed E-state index contributed by atoms with van der Waals surface area (Å²) in [5.74, 6) is 0.146. The van der Waals surface area contributed by atoms with Gasteiger partial charge < -0.3 is 5.11 Å². The van der Waals surface area contributed by atoms with E-state index >= 15 is 0 Å². The van der Waals surface area contributed by atoms with Gasteiger partial charge in [-0.3, -0.25) is 4.79 Å². The molecule has 0 saturated carbocycles. The van der Waals surface area contributed by atoms with Crippen LogP contribution in [0.4, 0.5) is 0 Å². The molecule has 0 bridgehead atoms. The molecule has 2 nitrogen and oxygen atoms in total. The van der Waals surface area contributed by atoms with Crippen LogP contribution in [-0.2, 0) is 4.79 Å². The van der Waals surface area contributed by atoms with E-state index in [0.29, 0.717) is 6.42 Å². The Bertz CT molecular complexity index is 445. The molecule has 0 amide bonds. The highest BCUT2D eigenvalue weighted by Gasteiger charge is 2.20.